The molecule has 0 N–H and O–H groups in total. The highest BCUT2D eigenvalue weighted by atomic mass is 32.1. The number of hydrogen-bond donors (Lipinski definition) is 2. The van der Waals surface area contributed by atoms with E-state index in [1.54, 1.807) is 0 Å². The van der Waals surface area contributed by atoms with Gasteiger partial charge in [0.1, 0.15) is 6.20 Å². The standard InChI is InChI=1S/C8H6FNO3S3/c9-10(8(13)16)3-1-2-4(6(11)14)5(10)7(12)15/h1-3,5H,(H2-,11,12,13,14,15,16). The first kappa shape index (κ1) is 13.4. The second-order valence-electron chi connectivity index (χ2n) is 2.96. The zero-order valence-corrected chi connectivity index (χ0v) is 10.3. The summed E-state index contributed by atoms with van der Waals surface area (Å²) in [6.07, 6.45) is 3.11. The van der Waals surface area contributed by atoms with E-state index in [-0.39, 0.29) is 5.57 Å². The first-order chi connectivity index (χ1) is 7.30. The van der Waals surface area contributed by atoms with Crippen LogP contribution in [0.3, 0.4) is 0 Å². The molecule has 86 valence electrons. The summed E-state index contributed by atoms with van der Waals surface area (Å²) in [4.78, 5) is 33.3. The Kier molecular flexibility index (Phi) is 3.89. The fourth-order valence-electron chi connectivity index (χ4n) is 1.30. The van der Waals surface area contributed by atoms with Gasteiger partial charge in [-0.15, -0.1) is 12.6 Å². The predicted octanol–water partition coefficient (Wildman–Crippen LogP) is 1.09. The number of allylic oxidation sites excluding steroid dienone is 2. The molecule has 0 saturated heterocycles. The van der Waals surface area contributed by atoms with Crippen molar-refractivity contribution < 1.29 is 23.6 Å². The normalized spacial score (nSPS) is 28.4. The fraction of sp³-hybridized carbons (Fsp3) is 0.125. The minimum Gasteiger partial charge on any atom is -0.671 e. The van der Waals surface area contributed by atoms with Crippen LogP contribution in [0.5, 0.6) is 0 Å². The van der Waals surface area contributed by atoms with E-state index in [4.69, 9.17) is 0 Å². The molecule has 8 heteroatoms. The van der Waals surface area contributed by atoms with Crippen molar-refractivity contribution in [2.75, 3.05) is 0 Å². The Morgan fingerprint density at radius 1 is 1.38 bits per heavy atom. The Morgan fingerprint density at radius 3 is 2.31 bits per heavy atom. The summed E-state index contributed by atoms with van der Waals surface area (Å²) in [5.74, 6) is 0. The predicted molar refractivity (Wildman–Crippen MR) is 63.1 cm³/mol. The van der Waals surface area contributed by atoms with Crippen molar-refractivity contribution in [3.05, 3.63) is 23.9 Å². The van der Waals surface area contributed by atoms with Gasteiger partial charge in [-0.25, -0.2) is 0 Å². The Morgan fingerprint density at radius 2 is 1.94 bits per heavy atom. The molecule has 0 spiro atoms. The molecule has 2 atom stereocenters. The molecule has 16 heavy (non-hydrogen) atoms. The number of halogens is 1. The van der Waals surface area contributed by atoms with Crippen molar-refractivity contribution >= 4 is 53.4 Å². The van der Waals surface area contributed by atoms with Gasteiger partial charge in [-0.3, -0.25) is 14.4 Å². The third kappa shape index (κ3) is 2.19. The lowest BCUT2D eigenvalue weighted by Crippen LogP contribution is -2.53. The van der Waals surface area contributed by atoms with Crippen LogP contribution in [0.2, 0.25) is 0 Å². The highest BCUT2D eigenvalue weighted by Crippen LogP contribution is 2.30. The molecule has 0 aromatic rings. The summed E-state index contributed by atoms with van der Waals surface area (Å²) < 4.78 is 12.1. The maximum Gasteiger partial charge on any atom is 0.252 e. The number of nitrogens with zero attached hydrogens (tertiary/aromatic N) is 1. The highest BCUT2D eigenvalue weighted by molar-refractivity contribution is 7.97. The minimum atomic E-state index is -1.98. The van der Waals surface area contributed by atoms with E-state index < -0.39 is 26.2 Å². The Hall–Kier alpha value is -0.700. The molecule has 0 aliphatic carbocycles. The van der Waals surface area contributed by atoms with E-state index in [0.29, 0.717) is 0 Å². The minimum absolute atomic E-state index is 0.258. The van der Waals surface area contributed by atoms with Crippen molar-refractivity contribution in [3.8, 4) is 0 Å². The van der Waals surface area contributed by atoms with Gasteiger partial charge >= 0.3 is 0 Å². The molecule has 1 aliphatic heterocycles. The second-order valence-corrected chi connectivity index (χ2v) is 4.16. The molecule has 0 fully saturated rings. The quantitative estimate of drug-likeness (QED) is 0.451. The molecular weight excluding hydrogens is 273 g/mol. The van der Waals surface area contributed by atoms with Gasteiger partial charge < -0.3 is 12.6 Å². The van der Waals surface area contributed by atoms with Crippen LogP contribution in [-0.4, -0.2) is 26.2 Å². The van der Waals surface area contributed by atoms with Crippen molar-refractivity contribution in [1.82, 2.24) is 0 Å². The van der Waals surface area contributed by atoms with Crippen LogP contribution in [0.15, 0.2) is 23.9 Å². The first-order valence-electron chi connectivity index (χ1n) is 3.96. The van der Waals surface area contributed by atoms with Crippen molar-refractivity contribution in [2.24, 2.45) is 0 Å². The van der Waals surface area contributed by atoms with Gasteiger partial charge in [0.25, 0.3) is 5.12 Å². The summed E-state index contributed by atoms with van der Waals surface area (Å²) in [7, 11) is 0. The third-order valence-corrected chi connectivity index (χ3v) is 2.79. The summed E-state index contributed by atoms with van der Waals surface area (Å²) in [6, 6.07) is -1.69. The number of hydrogen-bond acceptors (Lipinski definition) is 4. The average Bonchev–Trinajstić information content (AvgIpc) is 2.16. The molecule has 0 radical (unpaired) electrons. The van der Waals surface area contributed by atoms with E-state index in [1.807, 2.05) is 0 Å². The molecule has 0 bridgehead atoms. The molecule has 1 heterocycles. The molecule has 0 aromatic heterocycles. The van der Waals surface area contributed by atoms with Crippen LogP contribution >= 0.6 is 25.3 Å². The monoisotopic (exact) mass is 279 g/mol. The van der Waals surface area contributed by atoms with Gasteiger partial charge in [0, 0.05) is 4.48 Å². The van der Waals surface area contributed by atoms with Gasteiger partial charge in [-0.05, 0) is 16.9 Å². The van der Waals surface area contributed by atoms with Gasteiger partial charge in [-0.2, -0.15) is 0 Å². The third-order valence-electron chi connectivity index (χ3n) is 2.01. The van der Waals surface area contributed by atoms with Gasteiger partial charge in [0.05, 0.1) is 5.57 Å². The number of quaternary nitrogens is 1. The van der Waals surface area contributed by atoms with Crippen LogP contribution in [0.1, 0.15) is 0 Å². The number of carbonyl (C=O) groups excluding carboxylic acids is 3. The lowest BCUT2D eigenvalue weighted by atomic mass is 10.1. The van der Waals surface area contributed by atoms with Crippen LogP contribution in [0.25, 0.3) is 0 Å². The molecular formula is C8H6FNO3S3. The highest BCUT2D eigenvalue weighted by Gasteiger charge is 2.48. The summed E-state index contributed by atoms with van der Waals surface area (Å²) in [5, 5.41) is -3.12. The summed E-state index contributed by atoms with van der Waals surface area (Å²) >= 11 is 11.1. The van der Waals surface area contributed by atoms with Crippen LogP contribution in [0, 0.1) is 0 Å². The number of amides is 1. The van der Waals surface area contributed by atoms with E-state index in [0.717, 1.165) is 12.3 Å². The summed E-state index contributed by atoms with van der Waals surface area (Å²) in [5.41, 5.74) is -0.258. The molecule has 1 rings (SSSR count). The van der Waals surface area contributed by atoms with Crippen molar-refractivity contribution in [2.45, 2.75) is 6.04 Å². The van der Waals surface area contributed by atoms with Gasteiger partial charge in [0.2, 0.25) is 16.4 Å². The fourth-order valence-corrected chi connectivity index (χ4v) is 1.97. The zero-order chi connectivity index (χ0) is 12.5. The smallest absolute Gasteiger partial charge is 0.252 e. The second kappa shape index (κ2) is 4.66. The number of thiol groups is 2. The zero-order valence-electron chi connectivity index (χ0n) is 7.66. The van der Waals surface area contributed by atoms with E-state index in [1.165, 1.54) is 6.08 Å². The lowest BCUT2D eigenvalue weighted by molar-refractivity contribution is -0.947. The maximum absolute atomic E-state index is 14.1. The molecule has 4 nitrogen and oxygen atoms in total. The maximum atomic E-state index is 14.1. The first-order valence-corrected chi connectivity index (χ1v) is 5.26. The van der Waals surface area contributed by atoms with Crippen LogP contribution < -0.4 is 0 Å². The van der Waals surface area contributed by atoms with E-state index in [2.05, 4.69) is 37.9 Å². The average molecular weight is 279 g/mol. The Labute approximate surface area is 107 Å². The summed E-state index contributed by atoms with van der Waals surface area (Å²) in [6.45, 7) is 0. The van der Waals surface area contributed by atoms with E-state index in [9.17, 15) is 18.9 Å². The topological polar surface area (TPSA) is 51.2 Å². The molecule has 0 saturated carbocycles. The van der Waals surface area contributed by atoms with Gasteiger partial charge in [-0.1, -0.05) is 12.6 Å². The molecule has 2 unspecified atom stereocenters. The Balaban J connectivity index is 3.32. The molecule has 1 amide bonds. The van der Waals surface area contributed by atoms with Crippen LogP contribution in [0.4, 0.5) is 9.28 Å². The molecule has 0 aromatic carbocycles. The van der Waals surface area contributed by atoms with E-state index >= 15 is 0 Å². The number of carbonyl (C=O) groups is 3. The Bertz CT molecular complexity index is 434. The number of rotatable bonds is 2. The van der Waals surface area contributed by atoms with Crippen LogP contribution in [-0.2, 0) is 22.2 Å². The van der Waals surface area contributed by atoms with Crippen molar-refractivity contribution in [3.63, 3.8) is 0 Å². The molecule has 1 aliphatic rings. The SMILES string of the molecule is O=C(S)C1=CC=C[N+](F)(C(=O)[S-])C1C(=O)S. The lowest BCUT2D eigenvalue weighted by Gasteiger charge is -2.31. The largest absolute Gasteiger partial charge is 0.671 e. The van der Waals surface area contributed by atoms with Crippen molar-refractivity contribution in [1.29, 1.82) is 0 Å². The van der Waals surface area contributed by atoms with Gasteiger partial charge in [0.15, 0.2) is 0 Å².